The number of ether oxygens (including phenoxy) is 1. The van der Waals surface area contributed by atoms with Crippen LogP contribution in [0.2, 0.25) is 5.02 Å². The summed E-state index contributed by atoms with van der Waals surface area (Å²) in [7, 11) is -3.72. The molecule has 10 heteroatoms. The molecule has 0 atom stereocenters. The van der Waals surface area contributed by atoms with Crippen molar-refractivity contribution in [2.75, 3.05) is 32.8 Å². The third-order valence-corrected chi connectivity index (χ3v) is 7.35. The summed E-state index contributed by atoms with van der Waals surface area (Å²) in [4.78, 5) is 12.7. The molecule has 0 bridgehead atoms. The smallest absolute Gasteiger partial charge is 0.252 e. The lowest BCUT2D eigenvalue weighted by molar-refractivity contribution is 0.0730. The number of sulfonamides is 1. The highest BCUT2D eigenvalue weighted by Gasteiger charge is 2.27. The van der Waals surface area contributed by atoms with Crippen molar-refractivity contribution < 1.29 is 17.9 Å². The number of halogens is 1. The molecule has 3 aromatic rings. The molecule has 0 unspecified atom stereocenters. The molecule has 0 spiro atoms. The van der Waals surface area contributed by atoms with E-state index in [0.717, 1.165) is 11.4 Å². The lowest BCUT2D eigenvalue weighted by atomic mass is 10.2. The number of amides is 1. The van der Waals surface area contributed by atoms with Crippen LogP contribution in [0.25, 0.3) is 5.69 Å². The Morgan fingerprint density at radius 1 is 1.09 bits per heavy atom. The van der Waals surface area contributed by atoms with Crippen LogP contribution in [-0.4, -0.2) is 61.3 Å². The largest absolute Gasteiger partial charge is 0.379 e. The molecule has 1 amide bonds. The topological polar surface area (TPSA) is 93.5 Å². The second kappa shape index (κ2) is 9.83. The molecular formula is C22H23ClN4O4S. The van der Waals surface area contributed by atoms with Gasteiger partial charge in [0.15, 0.2) is 0 Å². The number of carbonyl (C=O) groups is 1. The Bertz CT molecular complexity index is 1190. The first-order valence-corrected chi connectivity index (χ1v) is 12.0. The normalized spacial score (nSPS) is 14.9. The molecule has 1 N–H and O–H groups in total. The van der Waals surface area contributed by atoms with Crippen molar-refractivity contribution in [3.05, 3.63) is 77.1 Å². The summed E-state index contributed by atoms with van der Waals surface area (Å²) in [5.74, 6) is -0.434. The molecule has 1 aromatic heterocycles. The van der Waals surface area contributed by atoms with Crippen LogP contribution in [0, 0.1) is 0 Å². The van der Waals surface area contributed by atoms with Gasteiger partial charge in [-0.2, -0.15) is 9.40 Å². The van der Waals surface area contributed by atoms with E-state index in [1.54, 1.807) is 4.68 Å². The number of nitrogens with one attached hydrogen (secondary N) is 1. The zero-order valence-corrected chi connectivity index (χ0v) is 18.8. The summed E-state index contributed by atoms with van der Waals surface area (Å²) in [5, 5.41) is 7.50. The molecule has 32 heavy (non-hydrogen) atoms. The number of carbonyl (C=O) groups excluding carboxylic acids is 1. The SMILES string of the molecule is O=C(NCCc1ccn(-c2ccccc2)n1)c1cc(S(=O)(=O)N2CCOCC2)ccc1Cl. The number of para-hydroxylation sites is 1. The third kappa shape index (κ3) is 5.02. The lowest BCUT2D eigenvalue weighted by Crippen LogP contribution is -2.40. The predicted octanol–water partition coefficient (Wildman–Crippen LogP) is 2.52. The van der Waals surface area contributed by atoms with Crippen molar-refractivity contribution >= 4 is 27.5 Å². The molecule has 0 radical (unpaired) electrons. The first-order chi connectivity index (χ1) is 15.4. The number of aromatic nitrogens is 2. The van der Waals surface area contributed by atoms with Gasteiger partial charge in [-0.05, 0) is 36.4 Å². The molecule has 4 rings (SSSR count). The van der Waals surface area contributed by atoms with Gasteiger partial charge in [0.1, 0.15) is 0 Å². The predicted molar refractivity (Wildman–Crippen MR) is 121 cm³/mol. The van der Waals surface area contributed by atoms with Crippen LogP contribution in [-0.2, 0) is 21.2 Å². The Labute approximate surface area is 191 Å². The van der Waals surface area contributed by atoms with Crippen LogP contribution >= 0.6 is 11.6 Å². The molecule has 0 saturated carbocycles. The van der Waals surface area contributed by atoms with Crippen LogP contribution in [0.1, 0.15) is 16.1 Å². The maximum Gasteiger partial charge on any atom is 0.252 e. The van der Waals surface area contributed by atoms with E-state index in [9.17, 15) is 13.2 Å². The highest BCUT2D eigenvalue weighted by atomic mass is 35.5. The fraction of sp³-hybridized carbons (Fsp3) is 0.273. The van der Waals surface area contributed by atoms with Crippen molar-refractivity contribution in [2.45, 2.75) is 11.3 Å². The molecule has 1 fully saturated rings. The van der Waals surface area contributed by atoms with E-state index in [1.807, 2.05) is 42.6 Å². The Hall–Kier alpha value is -2.72. The van der Waals surface area contributed by atoms with E-state index in [-0.39, 0.29) is 28.6 Å². The van der Waals surface area contributed by atoms with Gasteiger partial charge < -0.3 is 10.1 Å². The van der Waals surface area contributed by atoms with Crippen molar-refractivity contribution in [3.8, 4) is 5.69 Å². The van der Waals surface area contributed by atoms with Gasteiger partial charge in [-0.25, -0.2) is 13.1 Å². The van der Waals surface area contributed by atoms with Gasteiger partial charge in [0.25, 0.3) is 5.91 Å². The van der Waals surface area contributed by atoms with Crippen LogP contribution < -0.4 is 5.32 Å². The number of hydrogen-bond acceptors (Lipinski definition) is 5. The quantitative estimate of drug-likeness (QED) is 0.568. The summed E-state index contributed by atoms with van der Waals surface area (Å²) in [6.45, 7) is 1.59. The van der Waals surface area contributed by atoms with Crippen molar-refractivity contribution in [3.63, 3.8) is 0 Å². The number of hydrogen-bond donors (Lipinski definition) is 1. The van der Waals surface area contributed by atoms with Crippen LogP contribution in [0.5, 0.6) is 0 Å². The van der Waals surface area contributed by atoms with E-state index >= 15 is 0 Å². The Kier molecular flexibility index (Phi) is 6.90. The molecule has 2 heterocycles. The van der Waals surface area contributed by atoms with Crippen LogP contribution in [0.3, 0.4) is 0 Å². The lowest BCUT2D eigenvalue weighted by Gasteiger charge is -2.26. The number of morpholine rings is 1. The Balaban J connectivity index is 1.40. The molecular weight excluding hydrogens is 452 g/mol. The molecule has 1 aliphatic rings. The summed E-state index contributed by atoms with van der Waals surface area (Å²) >= 11 is 6.19. The van der Waals surface area contributed by atoms with Gasteiger partial charge in [0.2, 0.25) is 10.0 Å². The summed E-state index contributed by atoms with van der Waals surface area (Å²) in [6, 6.07) is 15.8. The van der Waals surface area contributed by atoms with Crippen molar-refractivity contribution in [1.29, 1.82) is 0 Å². The van der Waals surface area contributed by atoms with E-state index < -0.39 is 15.9 Å². The fourth-order valence-electron chi connectivity index (χ4n) is 3.39. The second-order valence-corrected chi connectivity index (χ2v) is 9.60. The van der Waals surface area contributed by atoms with E-state index in [2.05, 4.69) is 10.4 Å². The summed E-state index contributed by atoms with van der Waals surface area (Å²) < 4.78 is 34.1. The highest BCUT2D eigenvalue weighted by Crippen LogP contribution is 2.23. The molecule has 2 aromatic carbocycles. The van der Waals surface area contributed by atoms with Gasteiger partial charge in [-0.1, -0.05) is 29.8 Å². The molecule has 168 valence electrons. The minimum absolute atomic E-state index is 0.0376. The zero-order chi connectivity index (χ0) is 22.6. The summed E-state index contributed by atoms with van der Waals surface area (Å²) in [6.07, 6.45) is 2.39. The minimum atomic E-state index is -3.72. The van der Waals surface area contributed by atoms with E-state index in [4.69, 9.17) is 16.3 Å². The maximum atomic E-state index is 12.9. The Morgan fingerprint density at radius 3 is 2.59 bits per heavy atom. The van der Waals surface area contributed by atoms with Gasteiger partial charge in [0, 0.05) is 32.3 Å². The summed E-state index contributed by atoms with van der Waals surface area (Å²) in [5.41, 5.74) is 1.90. The van der Waals surface area contributed by atoms with Crippen molar-refractivity contribution in [2.24, 2.45) is 0 Å². The average Bonchev–Trinajstić information content (AvgIpc) is 3.29. The molecule has 1 aliphatic heterocycles. The number of nitrogens with zero attached hydrogens (tertiary/aromatic N) is 3. The molecule has 8 nitrogen and oxygen atoms in total. The van der Waals surface area contributed by atoms with Gasteiger partial charge in [-0.15, -0.1) is 0 Å². The van der Waals surface area contributed by atoms with Gasteiger partial charge >= 0.3 is 0 Å². The number of rotatable bonds is 7. The monoisotopic (exact) mass is 474 g/mol. The van der Waals surface area contributed by atoms with Crippen LogP contribution in [0.15, 0.2) is 65.7 Å². The first kappa shape index (κ1) is 22.5. The maximum absolute atomic E-state index is 12.9. The highest BCUT2D eigenvalue weighted by molar-refractivity contribution is 7.89. The second-order valence-electron chi connectivity index (χ2n) is 7.25. The third-order valence-electron chi connectivity index (χ3n) is 5.12. The fourth-order valence-corrected chi connectivity index (χ4v) is 5.03. The first-order valence-electron chi connectivity index (χ1n) is 10.2. The number of benzene rings is 2. The van der Waals surface area contributed by atoms with E-state index in [0.29, 0.717) is 26.2 Å². The van der Waals surface area contributed by atoms with E-state index in [1.165, 1.54) is 22.5 Å². The van der Waals surface area contributed by atoms with Crippen molar-refractivity contribution in [1.82, 2.24) is 19.4 Å². The zero-order valence-electron chi connectivity index (χ0n) is 17.3. The molecule has 1 saturated heterocycles. The average molecular weight is 475 g/mol. The van der Waals surface area contributed by atoms with Crippen LogP contribution in [0.4, 0.5) is 0 Å². The van der Waals surface area contributed by atoms with Gasteiger partial charge in [-0.3, -0.25) is 4.79 Å². The Morgan fingerprint density at radius 2 is 1.84 bits per heavy atom. The minimum Gasteiger partial charge on any atom is -0.379 e. The van der Waals surface area contributed by atoms with Gasteiger partial charge in [0.05, 0.1) is 40.1 Å². The molecule has 0 aliphatic carbocycles. The standard InChI is InChI=1S/C22H23ClN4O4S/c23-21-7-6-19(32(29,30)26-12-14-31-15-13-26)16-20(21)22(28)24-10-8-17-9-11-27(25-17)18-4-2-1-3-5-18/h1-7,9,11,16H,8,10,12-15H2,(H,24,28).